The molecular weight excluding hydrogens is 533 g/mol. The number of hydrogen-bond donors (Lipinski definition) is 2. The van der Waals surface area contributed by atoms with Crippen LogP contribution in [-0.4, -0.2) is 40.1 Å². The van der Waals surface area contributed by atoms with Crippen molar-refractivity contribution >= 4 is 23.2 Å². The lowest BCUT2D eigenvalue weighted by Gasteiger charge is -2.25. The van der Waals surface area contributed by atoms with Gasteiger partial charge in [-0.1, -0.05) is 17.5 Å². The van der Waals surface area contributed by atoms with Gasteiger partial charge in [0.2, 0.25) is 0 Å². The van der Waals surface area contributed by atoms with Gasteiger partial charge in [-0.15, -0.1) is 0 Å². The van der Waals surface area contributed by atoms with E-state index in [4.69, 9.17) is 11.6 Å². The van der Waals surface area contributed by atoms with Crippen LogP contribution in [0.1, 0.15) is 59.2 Å². The number of nitrogens with zero attached hydrogens (tertiary/aromatic N) is 6. The van der Waals surface area contributed by atoms with E-state index in [1.807, 2.05) is 25.4 Å². The minimum absolute atomic E-state index is 0.0547. The zero-order valence-corrected chi connectivity index (χ0v) is 22.9. The van der Waals surface area contributed by atoms with E-state index in [2.05, 4.69) is 32.3 Å². The van der Waals surface area contributed by atoms with E-state index in [9.17, 15) is 14.3 Å². The first-order valence-corrected chi connectivity index (χ1v) is 13.6. The summed E-state index contributed by atoms with van der Waals surface area (Å²) in [6.45, 7) is 0.472. The molecule has 206 valence electrons. The second-order valence-electron chi connectivity index (χ2n) is 10.8. The average Bonchev–Trinajstić information content (AvgIpc) is 3.71. The number of imidazole rings is 1. The van der Waals surface area contributed by atoms with Crippen molar-refractivity contribution in [2.45, 2.75) is 43.7 Å². The van der Waals surface area contributed by atoms with Gasteiger partial charge in [0.1, 0.15) is 29.4 Å². The molecule has 2 atom stereocenters. The van der Waals surface area contributed by atoms with Gasteiger partial charge in [-0.2, -0.15) is 10.2 Å². The van der Waals surface area contributed by atoms with Crippen LogP contribution in [0.3, 0.4) is 0 Å². The number of halogens is 2. The molecule has 0 bridgehead atoms. The van der Waals surface area contributed by atoms with Crippen molar-refractivity contribution in [3.63, 3.8) is 0 Å². The van der Waals surface area contributed by atoms with Crippen molar-refractivity contribution in [2.75, 3.05) is 5.32 Å². The molecule has 2 unspecified atom stereocenters. The summed E-state index contributed by atoms with van der Waals surface area (Å²) in [5.41, 5.74) is 2.07. The maximum Gasteiger partial charge on any atom is 0.274 e. The third-order valence-electron chi connectivity index (χ3n) is 8.16. The Morgan fingerprint density at radius 3 is 2.73 bits per heavy atom. The highest BCUT2D eigenvalue weighted by Gasteiger charge is 2.51. The summed E-state index contributed by atoms with van der Waals surface area (Å²) < 4.78 is 18.7. The van der Waals surface area contributed by atoms with Crippen molar-refractivity contribution in [3.05, 3.63) is 82.7 Å². The molecule has 4 aromatic rings. The molecule has 3 heterocycles. The van der Waals surface area contributed by atoms with Gasteiger partial charge in [0.15, 0.2) is 0 Å². The summed E-state index contributed by atoms with van der Waals surface area (Å²) in [5.74, 6) is 6.00. The maximum atomic E-state index is 13.5. The molecule has 1 aromatic carbocycles. The number of aryl methyl sites for hydroxylation is 2. The largest absolute Gasteiger partial charge is 0.384 e. The zero-order valence-electron chi connectivity index (χ0n) is 22.2. The number of rotatable bonds is 5. The van der Waals surface area contributed by atoms with E-state index in [1.165, 1.54) is 18.2 Å². The minimum atomic E-state index is -0.976. The second kappa shape index (κ2) is 10.2. The Balaban J connectivity index is 1.14. The topological polar surface area (TPSA) is 103 Å². The summed E-state index contributed by atoms with van der Waals surface area (Å²) in [6, 6.07) is 7.83. The predicted octanol–water partition coefficient (Wildman–Crippen LogP) is 4.24. The molecule has 3 aromatic heterocycles. The molecule has 0 radical (unpaired) electrons. The van der Waals surface area contributed by atoms with Gasteiger partial charge in [0, 0.05) is 38.1 Å². The van der Waals surface area contributed by atoms with E-state index in [0.29, 0.717) is 48.3 Å². The summed E-state index contributed by atoms with van der Waals surface area (Å²) in [4.78, 5) is 17.8. The molecule has 9 nitrogen and oxygen atoms in total. The third-order valence-corrected chi connectivity index (χ3v) is 8.45. The van der Waals surface area contributed by atoms with Crippen LogP contribution in [0.25, 0.3) is 0 Å². The first-order valence-electron chi connectivity index (χ1n) is 13.2. The van der Waals surface area contributed by atoms with Crippen LogP contribution in [0.4, 0.5) is 10.1 Å². The normalized spacial score (nSPS) is 23.6. The first-order chi connectivity index (χ1) is 19.2. The van der Waals surface area contributed by atoms with Gasteiger partial charge >= 0.3 is 0 Å². The number of carbonyl (C=O) groups excluding carboxylic acids is 1. The standard InChI is InChI=1S/C29H29ClFN7O2/c1-36-17-32-26(27(36)28(39)34-21-6-7-24(31)23(30)13-21)18-11-19-15-29(40,16-20(19)12-18)25-14-22(35-37(25)2)5-3-9-38-10-4-8-33-38/h4,6-8,10,13-14,17-20,40H,9,11-12,15-16H2,1-2H3,(H,34,39). The molecule has 6 rings (SSSR count). The number of fused-ring (bicyclic) bond motifs is 1. The van der Waals surface area contributed by atoms with Crippen LogP contribution in [0.5, 0.6) is 0 Å². The third kappa shape index (κ3) is 4.91. The second-order valence-corrected chi connectivity index (χ2v) is 11.3. The number of aromatic nitrogens is 6. The Labute approximate surface area is 236 Å². The van der Waals surface area contributed by atoms with Crippen molar-refractivity contribution in [2.24, 2.45) is 25.9 Å². The van der Waals surface area contributed by atoms with Crippen LogP contribution >= 0.6 is 11.6 Å². The number of carbonyl (C=O) groups is 1. The lowest BCUT2D eigenvalue weighted by atomic mass is 9.90. The number of hydrogen-bond acceptors (Lipinski definition) is 5. The van der Waals surface area contributed by atoms with Crippen molar-refractivity contribution in [1.82, 2.24) is 29.1 Å². The van der Waals surface area contributed by atoms with Crippen molar-refractivity contribution in [3.8, 4) is 11.8 Å². The Kier molecular flexibility index (Phi) is 6.72. The Morgan fingerprint density at radius 1 is 1.25 bits per heavy atom. The highest BCUT2D eigenvalue weighted by Crippen LogP contribution is 2.56. The highest BCUT2D eigenvalue weighted by molar-refractivity contribution is 6.31. The molecule has 2 saturated carbocycles. The SMILES string of the molecule is Cn1cnc(C2CC3CC(O)(c4cc(C#CCn5cccn5)nn4C)CC3C2)c1C(=O)Nc1ccc(F)c(Cl)c1. The molecule has 40 heavy (non-hydrogen) atoms. The van der Waals surface area contributed by atoms with Gasteiger partial charge in [-0.25, -0.2) is 9.37 Å². The van der Waals surface area contributed by atoms with E-state index in [0.717, 1.165) is 24.2 Å². The summed E-state index contributed by atoms with van der Waals surface area (Å²) >= 11 is 5.88. The Bertz CT molecular complexity index is 1620. The lowest BCUT2D eigenvalue weighted by molar-refractivity contribution is 0.0263. The summed E-state index contributed by atoms with van der Waals surface area (Å²) in [7, 11) is 3.63. The fourth-order valence-electron chi connectivity index (χ4n) is 6.45. The quantitative estimate of drug-likeness (QED) is 0.355. The zero-order chi connectivity index (χ0) is 28.0. The monoisotopic (exact) mass is 561 g/mol. The number of amides is 1. The van der Waals surface area contributed by atoms with Crippen LogP contribution < -0.4 is 5.32 Å². The van der Waals surface area contributed by atoms with Crippen LogP contribution in [0.2, 0.25) is 5.02 Å². The lowest BCUT2D eigenvalue weighted by Crippen LogP contribution is -2.26. The van der Waals surface area contributed by atoms with E-state index in [1.54, 1.807) is 33.5 Å². The number of aliphatic hydroxyl groups is 1. The average molecular weight is 562 g/mol. The predicted molar refractivity (Wildman–Crippen MR) is 147 cm³/mol. The van der Waals surface area contributed by atoms with Gasteiger partial charge in [0.25, 0.3) is 5.91 Å². The molecule has 11 heteroatoms. The Hall–Kier alpha value is -3.94. The fraction of sp³-hybridized carbons (Fsp3) is 0.379. The number of nitrogens with one attached hydrogen (secondary N) is 1. The molecule has 0 spiro atoms. The highest BCUT2D eigenvalue weighted by atomic mass is 35.5. The van der Waals surface area contributed by atoms with Gasteiger partial charge < -0.3 is 15.0 Å². The molecule has 1 amide bonds. The molecule has 2 N–H and O–H groups in total. The van der Waals surface area contributed by atoms with Gasteiger partial charge in [-0.05, 0) is 73.8 Å². The molecule has 0 aliphatic heterocycles. The van der Waals surface area contributed by atoms with Gasteiger partial charge in [0.05, 0.1) is 22.7 Å². The van der Waals surface area contributed by atoms with Gasteiger partial charge in [-0.3, -0.25) is 14.2 Å². The van der Waals surface area contributed by atoms with E-state index < -0.39 is 11.4 Å². The van der Waals surface area contributed by atoms with Crippen molar-refractivity contribution in [1.29, 1.82) is 0 Å². The Morgan fingerprint density at radius 2 is 2.02 bits per heavy atom. The van der Waals surface area contributed by atoms with E-state index >= 15 is 0 Å². The molecule has 2 fully saturated rings. The van der Waals surface area contributed by atoms with Crippen LogP contribution in [-0.2, 0) is 26.2 Å². The first kappa shape index (κ1) is 26.3. The van der Waals surface area contributed by atoms with Crippen molar-refractivity contribution < 1.29 is 14.3 Å². The summed E-state index contributed by atoms with van der Waals surface area (Å²) in [5, 5.41) is 23.1. The number of benzene rings is 1. The maximum absolute atomic E-state index is 13.5. The number of anilines is 1. The fourth-order valence-corrected chi connectivity index (χ4v) is 6.63. The molecular formula is C29H29ClFN7O2. The smallest absolute Gasteiger partial charge is 0.274 e. The van der Waals surface area contributed by atoms with E-state index in [-0.39, 0.29) is 16.8 Å². The molecule has 2 aliphatic carbocycles. The molecule has 0 saturated heterocycles. The molecule has 2 aliphatic rings. The summed E-state index contributed by atoms with van der Waals surface area (Å²) in [6.07, 6.45) is 8.13. The van der Waals surface area contributed by atoms with Crippen LogP contribution in [0, 0.1) is 29.5 Å². The van der Waals surface area contributed by atoms with Crippen LogP contribution in [0.15, 0.2) is 49.1 Å². The minimum Gasteiger partial charge on any atom is -0.384 e.